The molecule has 0 spiro atoms. The number of hydrogen-bond donors (Lipinski definition) is 1. The second-order valence-electron chi connectivity index (χ2n) is 8.50. The zero-order valence-corrected chi connectivity index (χ0v) is 22.0. The number of ether oxygens (including phenoxy) is 1. The van der Waals surface area contributed by atoms with Crippen LogP contribution in [0.5, 0.6) is 5.75 Å². The number of nitrogens with zero attached hydrogens (tertiary/aromatic N) is 3. The van der Waals surface area contributed by atoms with E-state index >= 15 is 0 Å². The number of thioether (sulfide) groups is 1. The third kappa shape index (κ3) is 5.12. The van der Waals surface area contributed by atoms with Gasteiger partial charge in [-0.2, -0.15) is 0 Å². The average Bonchev–Trinajstić information content (AvgIpc) is 3.09. The van der Waals surface area contributed by atoms with Crippen LogP contribution < -0.4 is 0 Å². The summed E-state index contributed by atoms with van der Waals surface area (Å²) in [6, 6.07) is 8.17. The Morgan fingerprint density at radius 2 is 1.85 bits per heavy atom. The molecule has 1 fully saturated rings. The van der Waals surface area contributed by atoms with Crippen molar-refractivity contribution in [3.63, 3.8) is 0 Å². The molecule has 3 aromatic rings. The van der Waals surface area contributed by atoms with Gasteiger partial charge in [-0.3, -0.25) is 4.90 Å². The van der Waals surface area contributed by atoms with Crippen molar-refractivity contribution in [2.24, 2.45) is 7.05 Å². The fraction of sp³-hybridized carbons (Fsp3) is 0.400. The standard InChI is InChI=1S/C25H29BrFN3O3S/c1-4-33-25(32)23-21(15-34-17-7-5-16(27)6-8-17)29(3)20-13-19(26)24(31)18(22(20)23)14-30-11-9-28(2)10-12-30/h5-8,13,31H,4,9-12,14-15H2,1-3H3. The SMILES string of the molecule is CCOC(=O)c1c(CSc2ccc(F)cc2)n(C)c2cc(Br)c(O)c(CN3CCN(C)CC3)c12. The second-order valence-corrected chi connectivity index (χ2v) is 10.4. The zero-order chi connectivity index (χ0) is 24.4. The molecule has 1 aliphatic heterocycles. The predicted octanol–water partition coefficient (Wildman–Crippen LogP) is 5.00. The van der Waals surface area contributed by atoms with E-state index in [1.807, 2.05) is 17.7 Å². The van der Waals surface area contributed by atoms with Gasteiger partial charge in [0.2, 0.25) is 0 Å². The van der Waals surface area contributed by atoms with Crippen molar-refractivity contribution in [2.75, 3.05) is 39.8 Å². The normalized spacial score (nSPS) is 15.2. The van der Waals surface area contributed by atoms with Crippen LogP contribution in [0.15, 0.2) is 39.7 Å². The molecule has 0 saturated carbocycles. The number of hydrogen-bond acceptors (Lipinski definition) is 6. The van der Waals surface area contributed by atoms with Crippen molar-refractivity contribution in [3.05, 3.63) is 57.4 Å². The van der Waals surface area contributed by atoms with Gasteiger partial charge in [-0.1, -0.05) is 0 Å². The summed E-state index contributed by atoms with van der Waals surface area (Å²) in [7, 11) is 4.03. The molecule has 1 N–H and O–H groups in total. The van der Waals surface area contributed by atoms with E-state index in [0.717, 1.165) is 53.2 Å². The number of likely N-dealkylation sites (N-methyl/N-ethyl adjacent to an activating group) is 1. The Morgan fingerprint density at radius 3 is 2.50 bits per heavy atom. The lowest BCUT2D eigenvalue weighted by Gasteiger charge is -2.32. The molecular formula is C25H29BrFN3O3S. The average molecular weight is 550 g/mol. The molecule has 6 nitrogen and oxygen atoms in total. The Bertz CT molecular complexity index is 1190. The van der Waals surface area contributed by atoms with E-state index in [2.05, 4.69) is 32.8 Å². The summed E-state index contributed by atoms with van der Waals surface area (Å²) in [6.45, 7) is 6.27. The maximum Gasteiger partial charge on any atom is 0.340 e. The van der Waals surface area contributed by atoms with Gasteiger partial charge in [-0.05, 0) is 60.2 Å². The molecule has 182 valence electrons. The molecule has 0 bridgehead atoms. The highest BCUT2D eigenvalue weighted by Gasteiger charge is 2.28. The first kappa shape index (κ1) is 25.0. The minimum absolute atomic E-state index is 0.153. The number of carbonyl (C=O) groups excluding carboxylic acids is 1. The number of phenolic OH excluding ortho intramolecular Hbond substituents is 1. The molecule has 1 aliphatic rings. The Hall–Kier alpha value is -2.07. The number of benzene rings is 2. The first-order valence-electron chi connectivity index (χ1n) is 11.3. The molecule has 0 aliphatic carbocycles. The lowest BCUT2D eigenvalue weighted by atomic mass is 10.0. The van der Waals surface area contributed by atoms with E-state index in [9.17, 15) is 14.3 Å². The summed E-state index contributed by atoms with van der Waals surface area (Å²) >= 11 is 5.04. The van der Waals surface area contributed by atoms with Crippen LogP contribution in [-0.4, -0.2) is 65.3 Å². The molecule has 0 unspecified atom stereocenters. The van der Waals surface area contributed by atoms with Gasteiger partial charge >= 0.3 is 5.97 Å². The fourth-order valence-corrected chi connectivity index (χ4v) is 5.76. The van der Waals surface area contributed by atoms with E-state index in [1.165, 1.54) is 23.9 Å². The topological polar surface area (TPSA) is 57.9 Å². The van der Waals surface area contributed by atoms with Crippen LogP contribution in [0.4, 0.5) is 4.39 Å². The van der Waals surface area contributed by atoms with Gasteiger partial charge in [0.25, 0.3) is 0 Å². The predicted molar refractivity (Wildman–Crippen MR) is 137 cm³/mol. The summed E-state index contributed by atoms with van der Waals surface area (Å²) in [5.74, 6) is -0.0309. The van der Waals surface area contributed by atoms with E-state index in [-0.39, 0.29) is 18.2 Å². The van der Waals surface area contributed by atoms with Crippen molar-refractivity contribution in [1.82, 2.24) is 14.4 Å². The van der Waals surface area contributed by atoms with Gasteiger partial charge in [-0.25, -0.2) is 9.18 Å². The first-order valence-corrected chi connectivity index (χ1v) is 13.1. The van der Waals surface area contributed by atoms with Crippen LogP contribution in [0.2, 0.25) is 0 Å². The number of fused-ring (bicyclic) bond motifs is 1. The number of phenols is 1. The van der Waals surface area contributed by atoms with Crippen LogP contribution in [0.25, 0.3) is 10.9 Å². The monoisotopic (exact) mass is 549 g/mol. The Morgan fingerprint density at radius 1 is 1.18 bits per heavy atom. The lowest BCUT2D eigenvalue weighted by molar-refractivity contribution is 0.0527. The number of carbonyl (C=O) groups is 1. The largest absolute Gasteiger partial charge is 0.506 e. The van der Waals surface area contributed by atoms with Crippen molar-refractivity contribution in [1.29, 1.82) is 0 Å². The molecule has 1 aromatic heterocycles. The third-order valence-corrected chi connectivity index (χ3v) is 7.91. The summed E-state index contributed by atoms with van der Waals surface area (Å²) in [5, 5.41) is 11.8. The van der Waals surface area contributed by atoms with Gasteiger partial charge in [0.15, 0.2) is 0 Å². The molecule has 2 aromatic carbocycles. The molecule has 34 heavy (non-hydrogen) atoms. The smallest absolute Gasteiger partial charge is 0.340 e. The number of piperazine rings is 1. The number of aryl methyl sites for hydroxylation is 1. The van der Waals surface area contributed by atoms with Crippen molar-refractivity contribution in [2.45, 2.75) is 24.1 Å². The van der Waals surface area contributed by atoms with Crippen molar-refractivity contribution in [3.8, 4) is 5.75 Å². The first-order chi connectivity index (χ1) is 16.3. The number of aromatic hydroxyl groups is 1. The summed E-state index contributed by atoms with van der Waals surface area (Å²) in [5.41, 5.74) is 2.87. The minimum Gasteiger partial charge on any atom is -0.506 e. The lowest BCUT2D eigenvalue weighted by Crippen LogP contribution is -2.43. The highest BCUT2D eigenvalue weighted by molar-refractivity contribution is 9.10. The van der Waals surface area contributed by atoms with Crippen LogP contribution in [-0.2, 0) is 24.1 Å². The van der Waals surface area contributed by atoms with Gasteiger partial charge in [-0.15, -0.1) is 11.8 Å². The fourth-order valence-electron chi connectivity index (χ4n) is 4.34. The summed E-state index contributed by atoms with van der Waals surface area (Å²) in [4.78, 5) is 18.7. The van der Waals surface area contributed by atoms with Crippen LogP contribution in [0, 0.1) is 5.82 Å². The maximum absolute atomic E-state index is 13.3. The molecule has 4 rings (SSSR count). The number of aromatic nitrogens is 1. The minimum atomic E-state index is -0.399. The van der Waals surface area contributed by atoms with Gasteiger partial charge in [0.05, 0.1) is 22.2 Å². The van der Waals surface area contributed by atoms with E-state index < -0.39 is 5.97 Å². The third-order valence-electron chi connectivity index (χ3n) is 6.28. The van der Waals surface area contributed by atoms with Crippen LogP contribution >= 0.6 is 27.7 Å². The van der Waals surface area contributed by atoms with Crippen molar-refractivity contribution < 1.29 is 19.0 Å². The van der Waals surface area contributed by atoms with E-state index in [0.29, 0.717) is 22.3 Å². The number of rotatable bonds is 7. The molecule has 2 heterocycles. The van der Waals surface area contributed by atoms with Gasteiger partial charge in [0, 0.05) is 67.1 Å². The number of halogens is 2. The highest BCUT2D eigenvalue weighted by atomic mass is 79.9. The van der Waals surface area contributed by atoms with Gasteiger partial charge in [0.1, 0.15) is 11.6 Å². The van der Waals surface area contributed by atoms with E-state index in [1.54, 1.807) is 19.1 Å². The highest BCUT2D eigenvalue weighted by Crippen LogP contribution is 2.41. The Labute approximate surface area is 211 Å². The molecule has 0 atom stereocenters. The number of esters is 1. The summed E-state index contributed by atoms with van der Waals surface area (Å²) < 4.78 is 21.4. The molecule has 9 heteroatoms. The Kier molecular flexibility index (Phi) is 7.87. The molecule has 1 saturated heterocycles. The summed E-state index contributed by atoms with van der Waals surface area (Å²) in [6.07, 6.45) is 0. The molecule has 0 radical (unpaired) electrons. The van der Waals surface area contributed by atoms with Crippen LogP contribution in [0.3, 0.4) is 0 Å². The quantitative estimate of drug-likeness (QED) is 0.330. The van der Waals surface area contributed by atoms with Crippen molar-refractivity contribution >= 4 is 44.6 Å². The van der Waals surface area contributed by atoms with E-state index in [4.69, 9.17) is 4.74 Å². The maximum atomic E-state index is 13.3. The Balaban J connectivity index is 1.81. The second kappa shape index (κ2) is 10.7. The van der Waals surface area contributed by atoms with Crippen LogP contribution in [0.1, 0.15) is 28.5 Å². The molecular weight excluding hydrogens is 521 g/mol. The molecule has 0 amide bonds. The zero-order valence-electron chi connectivity index (χ0n) is 19.6. The van der Waals surface area contributed by atoms with Gasteiger partial charge < -0.3 is 19.3 Å².